The van der Waals surface area contributed by atoms with Crippen LogP contribution in [-0.2, 0) is 17.8 Å². The Morgan fingerprint density at radius 2 is 2.04 bits per heavy atom. The van der Waals surface area contributed by atoms with Gasteiger partial charge in [-0.3, -0.25) is 4.79 Å². The number of carbonyl (C=O) groups excluding carboxylic acids is 1. The zero-order chi connectivity index (χ0) is 17.4. The monoisotopic (exact) mass is 334 g/mol. The Morgan fingerprint density at radius 1 is 1.20 bits per heavy atom. The molecule has 3 aromatic rings. The van der Waals surface area contributed by atoms with Crippen molar-refractivity contribution < 1.29 is 9.21 Å². The molecule has 0 unspecified atom stereocenters. The number of anilines is 2. The van der Waals surface area contributed by atoms with Gasteiger partial charge in [-0.2, -0.15) is 0 Å². The smallest absolute Gasteiger partial charge is 0.336 e. The Bertz CT molecular complexity index is 1020. The summed E-state index contributed by atoms with van der Waals surface area (Å²) in [5.74, 6) is -0.161. The van der Waals surface area contributed by atoms with Crippen molar-refractivity contribution in [1.29, 1.82) is 0 Å². The van der Waals surface area contributed by atoms with Crippen LogP contribution in [0.5, 0.6) is 0 Å². The second-order valence-electron chi connectivity index (χ2n) is 6.28. The minimum Gasteiger partial charge on any atom is -0.423 e. The lowest BCUT2D eigenvalue weighted by Crippen LogP contribution is -2.20. The van der Waals surface area contributed by atoms with Gasteiger partial charge in [-0.15, -0.1) is 0 Å². The molecular weight excluding hydrogens is 316 g/mol. The number of fused-ring (bicyclic) bond motifs is 2. The standard InChI is InChI=1S/C20H18N2O3/c1-13(23)21-16-6-7-17-15(10-20(24)25-19(17)11-16)12-22-9-8-14-4-2-3-5-18(14)22/h2-7,10-11H,8-9,12H2,1H3,(H,21,23). The van der Waals surface area contributed by atoms with Crippen LogP contribution in [0.15, 0.2) is 57.7 Å². The predicted molar refractivity (Wildman–Crippen MR) is 98.0 cm³/mol. The number of hydrogen-bond donors (Lipinski definition) is 1. The first-order valence-corrected chi connectivity index (χ1v) is 8.27. The van der Waals surface area contributed by atoms with Crippen molar-refractivity contribution in [2.45, 2.75) is 19.9 Å². The molecule has 2 heterocycles. The zero-order valence-corrected chi connectivity index (χ0v) is 13.9. The van der Waals surface area contributed by atoms with Crippen LogP contribution in [-0.4, -0.2) is 12.5 Å². The van der Waals surface area contributed by atoms with E-state index < -0.39 is 0 Å². The summed E-state index contributed by atoms with van der Waals surface area (Å²) in [4.78, 5) is 25.5. The van der Waals surface area contributed by atoms with Crippen LogP contribution in [0.25, 0.3) is 11.0 Å². The highest BCUT2D eigenvalue weighted by molar-refractivity contribution is 5.92. The van der Waals surface area contributed by atoms with Crippen molar-refractivity contribution in [3.8, 4) is 0 Å². The molecule has 1 aromatic heterocycles. The molecule has 1 aliphatic rings. The molecule has 0 radical (unpaired) electrons. The number of para-hydroxylation sites is 1. The number of nitrogens with zero attached hydrogens (tertiary/aromatic N) is 1. The number of rotatable bonds is 3. The maximum atomic E-state index is 12.0. The normalized spacial score (nSPS) is 13.1. The Labute approximate surface area is 144 Å². The lowest BCUT2D eigenvalue weighted by atomic mass is 10.1. The quantitative estimate of drug-likeness (QED) is 0.747. The van der Waals surface area contributed by atoms with E-state index in [9.17, 15) is 9.59 Å². The molecule has 1 aliphatic heterocycles. The molecule has 2 aromatic carbocycles. The second kappa shape index (κ2) is 6.09. The van der Waals surface area contributed by atoms with E-state index >= 15 is 0 Å². The van der Waals surface area contributed by atoms with E-state index in [1.165, 1.54) is 18.2 Å². The molecular formula is C20H18N2O3. The molecule has 5 heteroatoms. The van der Waals surface area contributed by atoms with Crippen LogP contribution < -0.4 is 15.8 Å². The predicted octanol–water partition coefficient (Wildman–Crippen LogP) is 3.31. The van der Waals surface area contributed by atoms with Crippen LogP contribution in [0, 0.1) is 0 Å². The number of nitrogens with one attached hydrogen (secondary N) is 1. The summed E-state index contributed by atoms with van der Waals surface area (Å²) in [7, 11) is 0. The molecule has 126 valence electrons. The van der Waals surface area contributed by atoms with Gasteiger partial charge < -0.3 is 14.6 Å². The van der Waals surface area contributed by atoms with Gasteiger partial charge in [0.05, 0.1) is 0 Å². The van der Waals surface area contributed by atoms with E-state index in [1.807, 2.05) is 18.2 Å². The maximum Gasteiger partial charge on any atom is 0.336 e. The summed E-state index contributed by atoms with van der Waals surface area (Å²) >= 11 is 0. The van der Waals surface area contributed by atoms with Gasteiger partial charge in [0.2, 0.25) is 5.91 Å². The number of carbonyl (C=O) groups is 1. The van der Waals surface area contributed by atoms with Gasteiger partial charge >= 0.3 is 5.63 Å². The average Bonchev–Trinajstić information content (AvgIpc) is 2.97. The lowest BCUT2D eigenvalue weighted by molar-refractivity contribution is -0.114. The molecule has 0 aliphatic carbocycles. The maximum absolute atomic E-state index is 12.0. The van der Waals surface area contributed by atoms with E-state index in [-0.39, 0.29) is 11.5 Å². The van der Waals surface area contributed by atoms with E-state index in [2.05, 4.69) is 28.4 Å². The van der Waals surface area contributed by atoms with Gasteiger partial charge in [0.1, 0.15) is 5.58 Å². The van der Waals surface area contributed by atoms with Gasteiger partial charge in [-0.25, -0.2) is 4.79 Å². The average molecular weight is 334 g/mol. The number of benzene rings is 2. The van der Waals surface area contributed by atoms with Crippen LogP contribution >= 0.6 is 0 Å². The van der Waals surface area contributed by atoms with Gasteiger partial charge in [0.15, 0.2) is 0 Å². The fourth-order valence-electron chi connectivity index (χ4n) is 3.42. The van der Waals surface area contributed by atoms with Crippen LogP contribution in [0.4, 0.5) is 11.4 Å². The highest BCUT2D eigenvalue weighted by Crippen LogP contribution is 2.30. The van der Waals surface area contributed by atoms with Crippen molar-refractivity contribution in [3.05, 3.63) is 70.1 Å². The summed E-state index contributed by atoms with van der Waals surface area (Å²) in [6, 6.07) is 15.3. The molecule has 1 amide bonds. The van der Waals surface area contributed by atoms with Crippen molar-refractivity contribution in [1.82, 2.24) is 0 Å². The van der Waals surface area contributed by atoms with Gasteiger partial charge in [-0.05, 0) is 35.7 Å². The Hall–Kier alpha value is -3.08. The number of amides is 1. The van der Waals surface area contributed by atoms with Crippen molar-refractivity contribution >= 4 is 28.3 Å². The van der Waals surface area contributed by atoms with Crippen LogP contribution in [0.2, 0.25) is 0 Å². The van der Waals surface area contributed by atoms with E-state index in [0.717, 1.165) is 23.9 Å². The van der Waals surface area contributed by atoms with E-state index in [4.69, 9.17) is 4.42 Å². The van der Waals surface area contributed by atoms with E-state index in [1.54, 1.807) is 12.1 Å². The van der Waals surface area contributed by atoms with Crippen molar-refractivity contribution in [2.75, 3.05) is 16.8 Å². The SMILES string of the molecule is CC(=O)Nc1ccc2c(CN3CCc4ccccc43)cc(=O)oc2c1. The van der Waals surface area contributed by atoms with Crippen LogP contribution in [0.1, 0.15) is 18.1 Å². The summed E-state index contributed by atoms with van der Waals surface area (Å²) in [5, 5.41) is 3.60. The first kappa shape index (κ1) is 15.4. The summed E-state index contributed by atoms with van der Waals surface area (Å²) in [6.45, 7) is 3.03. The van der Waals surface area contributed by atoms with Gasteiger partial charge in [-0.1, -0.05) is 18.2 Å². The molecule has 0 fully saturated rings. The third-order valence-corrected chi connectivity index (χ3v) is 4.50. The molecule has 0 bridgehead atoms. The second-order valence-corrected chi connectivity index (χ2v) is 6.28. The van der Waals surface area contributed by atoms with Crippen molar-refractivity contribution in [3.63, 3.8) is 0 Å². The zero-order valence-electron chi connectivity index (χ0n) is 13.9. The summed E-state index contributed by atoms with van der Waals surface area (Å²) in [5.41, 5.74) is 4.21. The minimum absolute atomic E-state index is 0.161. The Morgan fingerprint density at radius 3 is 2.88 bits per heavy atom. The molecule has 25 heavy (non-hydrogen) atoms. The number of hydrogen-bond acceptors (Lipinski definition) is 4. The highest BCUT2D eigenvalue weighted by atomic mass is 16.4. The van der Waals surface area contributed by atoms with Gasteiger partial charge in [0.25, 0.3) is 0 Å². The highest BCUT2D eigenvalue weighted by Gasteiger charge is 2.19. The molecule has 5 nitrogen and oxygen atoms in total. The Balaban J connectivity index is 1.72. The minimum atomic E-state index is -0.380. The first-order valence-electron chi connectivity index (χ1n) is 8.27. The fraction of sp³-hybridized carbons (Fsp3) is 0.200. The summed E-state index contributed by atoms with van der Waals surface area (Å²) in [6.07, 6.45) is 1.02. The third-order valence-electron chi connectivity index (χ3n) is 4.50. The molecule has 0 atom stereocenters. The molecule has 4 rings (SSSR count). The topological polar surface area (TPSA) is 62.6 Å². The first-order chi connectivity index (χ1) is 12.1. The summed E-state index contributed by atoms with van der Waals surface area (Å²) < 4.78 is 5.33. The molecule has 0 saturated heterocycles. The Kier molecular flexibility index (Phi) is 3.76. The molecule has 0 spiro atoms. The van der Waals surface area contributed by atoms with Crippen LogP contribution in [0.3, 0.4) is 0 Å². The lowest BCUT2D eigenvalue weighted by Gasteiger charge is -2.20. The van der Waals surface area contributed by atoms with Gasteiger partial charge in [0, 0.05) is 48.9 Å². The van der Waals surface area contributed by atoms with Crippen molar-refractivity contribution in [2.24, 2.45) is 0 Å². The van der Waals surface area contributed by atoms with E-state index in [0.29, 0.717) is 17.8 Å². The largest absolute Gasteiger partial charge is 0.423 e. The molecule has 1 N–H and O–H groups in total. The fourth-order valence-corrected chi connectivity index (χ4v) is 3.42. The molecule has 0 saturated carbocycles. The third kappa shape index (κ3) is 3.01.